The minimum Gasteiger partial charge on any atom is -0.369 e. The van der Waals surface area contributed by atoms with Gasteiger partial charge in [-0.25, -0.2) is 0 Å². The molecule has 1 aliphatic heterocycles. The molecule has 0 radical (unpaired) electrons. The van der Waals surface area contributed by atoms with E-state index in [2.05, 4.69) is 10.2 Å². The second-order valence-corrected chi connectivity index (χ2v) is 4.91. The second-order valence-electron chi connectivity index (χ2n) is 4.50. The van der Waals surface area contributed by atoms with Crippen molar-refractivity contribution in [3.05, 3.63) is 33.3 Å². The largest absolute Gasteiger partial charge is 0.369 e. The Kier molecular flexibility index (Phi) is 4.04. The van der Waals surface area contributed by atoms with E-state index in [4.69, 9.17) is 11.6 Å². The Morgan fingerprint density at radius 3 is 2.89 bits per heavy atom. The van der Waals surface area contributed by atoms with Crippen LogP contribution in [0.25, 0.3) is 0 Å². The van der Waals surface area contributed by atoms with Gasteiger partial charge in [0, 0.05) is 31.8 Å². The van der Waals surface area contributed by atoms with Crippen LogP contribution < -0.4 is 10.2 Å². The van der Waals surface area contributed by atoms with Crippen LogP contribution in [0.4, 0.5) is 11.4 Å². The summed E-state index contributed by atoms with van der Waals surface area (Å²) in [7, 11) is 1.98. The van der Waals surface area contributed by atoms with Crippen molar-refractivity contribution < 1.29 is 4.92 Å². The minimum atomic E-state index is -0.433. The predicted octanol–water partition coefficient (Wildman–Crippen LogP) is 2.44. The van der Waals surface area contributed by atoms with Crippen LogP contribution in [-0.2, 0) is 0 Å². The van der Waals surface area contributed by atoms with E-state index in [0.29, 0.717) is 11.1 Å². The summed E-state index contributed by atoms with van der Waals surface area (Å²) >= 11 is 6.12. The fourth-order valence-electron chi connectivity index (χ4n) is 2.26. The summed E-state index contributed by atoms with van der Waals surface area (Å²) in [4.78, 5) is 12.3. The molecule has 18 heavy (non-hydrogen) atoms. The zero-order valence-electron chi connectivity index (χ0n) is 10.2. The number of anilines is 1. The third-order valence-electron chi connectivity index (χ3n) is 3.34. The molecule has 0 spiro atoms. The molecule has 6 heteroatoms. The Hall–Kier alpha value is -1.33. The van der Waals surface area contributed by atoms with E-state index in [1.807, 2.05) is 7.05 Å². The summed E-state index contributed by atoms with van der Waals surface area (Å²) in [5.41, 5.74) is 0.870. The summed E-state index contributed by atoms with van der Waals surface area (Å²) in [6.07, 6.45) is 2.25. The summed E-state index contributed by atoms with van der Waals surface area (Å²) in [5, 5.41) is 14.4. The Balaban J connectivity index is 2.19. The highest BCUT2D eigenvalue weighted by molar-refractivity contribution is 6.33. The molecule has 1 aromatic carbocycles. The van der Waals surface area contributed by atoms with Crippen molar-refractivity contribution in [2.24, 2.45) is 0 Å². The molecule has 1 fully saturated rings. The van der Waals surface area contributed by atoms with E-state index in [9.17, 15) is 10.1 Å². The van der Waals surface area contributed by atoms with Gasteiger partial charge in [0.25, 0.3) is 5.69 Å². The molecule has 5 nitrogen and oxygen atoms in total. The van der Waals surface area contributed by atoms with E-state index < -0.39 is 4.92 Å². The highest BCUT2D eigenvalue weighted by Gasteiger charge is 2.20. The lowest BCUT2D eigenvalue weighted by Gasteiger charge is -2.33. The number of hydrogen-bond acceptors (Lipinski definition) is 4. The highest BCUT2D eigenvalue weighted by atomic mass is 35.5. The Labute approximate surface area is 111 Å². The predicted molar refractivity (Wildman–Crippen MR) is 72.4 cm³/mol. The number of likely N-dealkylation sites (N-methyl/N-ethyl adjacent to an activating group) is 1. The van der Waals surface area contributed by atoms with Crippen LogP contribution in [0.3, 0.4) is 0 Å². The van der Waals surface area contributed by atoms with Gasteiger partial charge in [-0.2, -0.15) is 0 Å². The van der Waals surface area contributed by atoms with Crippen molar-refractivity contribution in [1.29, 1.82) is 0 Å². The maximum atomic E-state index is 10.7. The van der Waals surface area contributed by atoms with Gasteiger partial charge in [-0.15, -0.1) is 0 Å². The smallest absolute Gasteiger partial charge is 0.271 e. The van der Waals surface area contributed by atoms with Gasteiger partial charge in [0.15, 0.2) is 0 Å². The molecule has 1 unspecified atom stereocenters. The van der Waals surface area contributed by atoms with Gasteiger partial charge in [0.05, 0.1) is 15.6 Å². The lowest BCUT2D eigenvalue weighted by molar-refractivity contribution is -0.384. The Morgan fingerprint density at radius 1 is 1.56 bits per heavy atom. The van der Waals surface area contributed by atoms with Crippen LogP contribution in [0.2, 0.25) is 5.02 Å². The molecule has 0 aliphatic carbocycles. The first kappa shape index (κ1) is 13.1. The van der Waals surface area contributed by atoms with Crippen molar-refractivity contribution >= 4 is 23.0 Å². The van der Waals surface area contributed by atoms with Crippen LogP contribution in [0.15, 0.2) is 18.2 Å². The van der Waals surface area contributed by atoms with Gasteiger partial charge < -0.3 is 10.2 Å². The summed E-state index contributed by atoms with van der Waals surface area (Å²) in [6, 6.07) is 5.00. The molecule has 2 rings (SSSR count). The number of rotatable bonds is 3. The van der Waals surface area contributed by atoms with E-state index in [0.717, 1.165) is 31.6 Å². The van der Waals surface area contributed by atoms with Gasteiger partial charge in [0.2, 0.25) is 0 Å². The van der Waals surface area contributed by atoms with Crippen LogP contribution in [0.5, 0.6) is 0 Å². The van der Waals surface area contributed by atoms with Gasteiger partial charge in [-0.3, -0.25) is 10.1 Å². The van der Waals surface area contributed by atoms with E-state index >= 15 is 0 Å². The second kappa shape index (κ2) is 5.54. The molecule has 0 bridgehead atoms. The van der Waals surface area contributed by atoms with Crippen molar-refractivity contribution in [3.63, 3.8) is 0 Å². The molecule has 0 amide bonds. The first-order chi connectivity index (χ1) is 8.59. The number of benzene rings is 1. The first-order valence-corrected chi connectivity index (χ1v) is 6.35. The SMILES string of the molecule is CN(c1ccc([N+](=O)[O-])cc1Cl)C1CCCNC1. The van der Waals surface area contributed by atoms with Crippen LogP contribution >= 0.6 is 11.6 Å². The molecule has 1 N–H and O–H groups in total. The number of piperidine rings is 1. The normalized spacial score (nSPS) is 19.6. The molecule has 0 aromatic heterocycles. The topological polar surface area (TPSA) is 58.4 Å². The zero-order valence-corrected chi connectivity index (χ0v) is 11.0. The lowest BCUT2D eigenvalue weighted by atomic mass is 10.1. The van der Waals surface area contributed by atoms with E-state index in [1.54, 1.807) is 6.07 Å². The molecule has 1 aromatic rings. The van der Waals surface area contributed by atoms with Gasteiger partial charge in [-0.05, 0) is 25.5 Å². The fraction of sp³-hybridized carbons (Fsp3) is 0.500. The fourth-order valence-corrected chi connectivity index (χ4v) is 2.56. The third kappa shape index (κ3) is 2.73. The number of nitro groups is 1. The number of nitrogens with one attached hydrogen (secondary N) is 1. The molecular weight excluding hydrogens is 254 g/mol. The molecule has 1 aliphatic rings. The number of hydrogen-bond donors (Lipinski definition) is 1. The summed E-state index contributed by atoms with van der Waals surface area (Å²) in [6.45, 7) is 1.97. The summed E-state index contributed by atoms with van der Waals surface area (Å²) < 4.78 is 0. The van der Waals surface area contributed by atoms with E-state index in [-0.39, 0.29) is 5.69 Å². The average molecular weight is 270 g/mol. The van der Waals surface area contributed by atoms with Gasteiger partial charge in [0.1, 0.15) is 0 Å². The first-order valence-electron chi connectivity index (χ1n) is 5.97. The van der Waals surface area contributed by atoms with Gasteiger partial charge in [-0.1, -0.05) is 11.6 Å². The maximum Gasteiger partial charge on any atom is 0.271 e. The molecule has 1 atom stereocenters. The number of nitro benzene ring substituents is 1. The number of halogens is 1. The zero-order chi connectivity index (χ0) is 13.1. The van der Waals surface area contributed by atoms with Crippen molar-refractivity contribution in [2.75, 3.05) is 25.0 Å². The Bertz CT molecular complexity index is 447. The monoisotopic (exact) mass is 269 g/mol. The van der Waals surface area contributed by atoms with Crippen LogP contribution in [0, 0.1) is 10.1 Å². The van der Waals surface area contributed by atoms with Crippen LogP contribution in [0.1, 0.15) is 12.8 Å². The number of non-ortho nitro benzene ring substituents is 1. The van der Waals surface area contributed by atoms with Crippen molar-refractivity contribution in [2.45, 2.75) is 18.9 Å². The Morgan fingerprint density at radius 2 is 2.33 bits per heavy atom. The molecule has 1 saturated heterocycles. The standard InChI is InChI=1S/C12H16ClN3O2/c1-15(10-3-2-6-14-8-10)12-5-4-9(16(17)18)7-11(12)13/h4-5,7,10,14H,2-3,6,8H2,1H3. The highest BCUT2D eigenvalue weighted by Crippen LogP contribution is 2.31. The third-order valence-corrected chi connectivity index (χ3v) is 3.64. The number of nitrogens with zero attached hydrogens (tertiary/aromatic N) is 2. The van der Waals surface area contributed by atoms with Gasteiger partial charge >= 0.3 is 0 Å². The maximum absolute atomic E-state index is 10.7. The van der Waals surface area contributed by atoms with Crippen LogP contribution in [-0.4, -0.2) is 31.1 Å². The quantitative estimate of drug-likeness (QED) is 0.676. The molecular formula is C12H16ClN3O2. The average Bonchev–Trinajstić information content (AvgIpc) is 2.38. The molecule has 98 valence electrons. The minimum absolute atomic E-state index is 0.0268. The molecule has 1 heterocycles. The molecule has 0 saturated carbocycles. The summed E-state index contributed by atoms with van der Waals surface area (Å²) in [5.74, 6) is 0. The van der Waals surface area contributed by atoms with Crippen molar-refractivity contribution in [1.82, 2.24) is 5.32 Å². The van der Waals surface area contributed by atoms with Crippen molar-refractivity contribution in [3.8, 4) is 0 Å². The lowest BCUT2D eigenvalue weighted by Crippen LogP contribution is -2.44. The van der Waals surface area contributed by atoms with E-state index in [1.165, 1.54) is 12.1 Å².